The fourth-order valence-corrected chi connectivity index (χ4v) is 3.88. The number of carbonyl (C=O) groups is 2. The molecular weight excluding hydrogens is 437 g/mol. The summed E-state index contributed by atoms with van der Waals surface area (Å²) < 4.78 is 18.7. The molecule has 0 spiro atoms. The third-order valence-electron chi connectivity index (χ3n) is 5.16. The lowest BCUT2D eigenvalue weighted by molar-refractivity contribution is -0.132. The number of aromatic hydroxyl groups is 1. The van der Waals surface area contributed by atoms with E-state index >= 15 is 0 Å². The van der Waals surface area contributed by atoms with Gasteiger partial charge in [-0.15, -0.1) is 0 Å². The zero-order chi connectivity index (χ0) is 23.0. The smallest absolute Gasteiger partial charge is 0.300 e. The number of phenols is 1. The van der Waals surface area contributed by atoms with E-state index in [9.17, 15) is 24.2 Å². The van der Waals surface area contributed by atoms with Crippen LogP contribution in [0.25, 0.3) is 5.76 Å². The van der Waals surface area contributed by atoms with Crippen molar-refractivity contribution < 1.29 is 28.9 Å². The number of halogens is 2. The van der Waals surface area contributed by atoms with Crippen molar-refractivity contribution in [2.45, 2.75) is 6.04 Å². The van der Waals surface area contributed by atoms with Crippen molar-refractivity contribution in [3.63, 3.8) is 0 Å². The zero-order valence-corrected chi connectivity index (χ0v) is 17.5. The maximum absolute atomic E-state index is 13.5. The van der Waals surface area contributed by atoms with Crippen molar-refractivity contribution >= 4 is 34.7 Å². The predicted octanol–water partition coefficient (Wildman–Crippen LogP) is 4.82. The van der Waals surface area contributed by atoms with E-state index in [1.165, 1.54) is 43.5 Å². The van der Waals surface area contributed by atoms with Crippen LogP contribution in [0.4, 0.5) is 10.1 Å². The molecular formula is C24H17ClFNO5. The second kappa shape index (κ2) is 8.36. The number of benzene rings is 3. The summed E-state index contributed by atoms with van der Waals surface area (Å²) in [5.41, 5.74) is 0.500. The van der Waals surface area contributed by atoms with Crippen molar-refractivity contribution in [3.8, 4) is 11.5 Å². The van der Waals surface area contributed by atoms with Crippen LogP contribution >= 0.6 is 11.6 Å². The van der Waals surface area contributed by atoms with E-state index in [1.807, 2.05) is 0 Å². The second-order valence-corrected chi connectivity index (χ2v) is 7.49. The van der Waals surface area contributed by atoms with Gasteiger partial charge in [0.25, 0.3) is 11.7 Å². The number of nitrogens with zero attached hydrogens (tertiary/aromatic N) is 1. The van der Waals surface area contributed by atoms with Gasteiger partial charge in [0.2, 0.25) is 0 Å². The molecule has 1 aliphatic rings. The summed E-state index contributed by atoms with van der Waals surface area (Å²) in [6.45, 7) is 0. The van der Waals surface area contributed by atoms with Crippen LogP contribution < -0.4 is 9.64 Å². The molecule has 3 aromatic carbocycles. The standard InChI is InChI=1S/C24H17ClFNO5/c1-32-17-9-10-19(25)18(12-17)22(29)20-21(13-3-2-4-16(28)11-13)27(24(31)23(20)30)15-7-5-14(26)6-8-15/h2-12,21,28-29H,1H3/b22-20+. The largest absolute Gasteiger partial charge is 0.508 e. The van der Waals surface area contributed by atoms with Gasteiger partial charge in [-0.1, -0.05) is 23.7 Å². The highest BCUT2D eigenvalue weighted by molar-refractivity contribution is 6.52. The Morgan fingerprint density at radius 2 is 1.78 bits per heavy atom. The molecule has 6 nitrogen and oxygen atoms in total. The van der Waals surface area contributed by atoms with Gasteiger partial charge in [0.1, 0.15) is 23.1 Å². The Morgan fingerprint density at radius 3 is 2.44 bits per heavy atom. The third-order valence-corrected chi connectivity index (χ3v) is 5.49. The minimum atomic E-state index is -1.09. The van der Waals surface area contributed by atoms with Crippen LogP contribution in [0.5, 0.6) is 11.5 Å². The van der Waals surface area contributed by atoms with Gasteiger partial charge in [-0.2, -0.15) is 0 Å². The third kappa shape index (κ3) is 3.67. The molecule has 1 atom stereocenters. The number of hydrogen-bond donors (Lipinski definition) is 2. The Kier molecular flexibility index (Phi) is 5.59. The Balaban J connectivity index is 1.98. The Labute approximate surface area is 187 Å². The number of carbonyl (C=O) groups excluding carboxylic acids is 2. The highest BCUT2D eigenvalue weighted by Gasteiger charge is 2.47. The molecule has 162 valence electrons. The lowest BCUT2D eigenvalue weighted by Gasteiger charge is -2.25. The highest BCUT2D eigenvalue weighted by atomic mass is 35.5. The first-order chi connectivity index (χ1) is 15.3. The first-order valence-electron chi connectivity index (χ1n) is 9.51. The fourth-order valence-electron chi connectivity index (χ4n) is 3.67. The van der Waals surface area contributed by atoms with E-state index in [-0.39, 0.29) is 27.6 Å². The number of methoxy groups -OCH3 is 1. The quantitative estimate of drug-likeness (QED) is 0.336. The van der Waals surface area contributed by atoms with Crippen molar-refractivity contribution in [2.24, 2.45) is 0 Å². The number of anilines is 1. The van der Waals surface area contributed by atoms with E-state index in [0.29, 0.717) is 11.3 Å². The lowest BCUT2D eigenvalue weighted by Crippen LogP contribution is -2.29. The van der Waals surface area contributed by atoms with Crippen LogP contribution in [0.3, 0.4) is 0 Å². The van der Waals surface area contributed by atoms with E-state index in [0.717, 1.165) is 17.0 Å². The molecule has 0 aliphatic carbocycles. The first kappa shape index (κ1) is 21.4. The summed E-state index contributed by atoms with van der Waals surface area (Å²) >= 11 is 6.26. The van der Waals surface area contributed by atoms with Crippen LogP contribution in [-0.4, -0.2) is 29.0 Å². The topological polar surface area (TPSA) is 87.1 Å². The monoisotopic (exact) mass is 453 g/mol. The van der Waals surface area contributed by atoms with Gasteiger partial charge in [0.15, 0.2) is 0 Å². The van der Waals surface area contributed by atoms with Gasteiger partial charge in [-0.25, -0.2) is 4.39 Å². The van der Waals surface area contributed by atoms with Gasteiger partial charge in [0.05, 0.1) is 23.7 Å². The number of Topliss-reactive ketones (excluding diaryl/α,β-unsaturated/α-hetero) is 1. The minimum absolute atomic E-state index is 0.0911. The number of ketones is 1. The molecule has 3 aromatic rings. The molecule has 0 radical (unpaired) electrons. The molecule has 2 N–H and O–H groups in total. The summed E-state index contributed by atoms with van der Waals surface area (Å²) in [5, 5.41) is 21.3. The van der Waals surface area contributed by atoms with Gasteiger partial charge in [-0.05, 0) is 60.2 Å². The molecule has 32 heavy (non-hydrogen) atoms. The molecule has 0 bridgehead atoms. The minimum Gasteiger partial charge on any atom is -0.508 e. The average Bonchev–Trinajstić information content (AvgIpc) is 3.05. The average molecular weight is 454 g/mol. The van der Waals surface area contributed by atoms with Crippen LogP contribution in [0, 0.1) is 5.82 Å². The summed E-state index contributed by atoms with van der Waals surface area (Å²) in [4.78, 5) is 27.3. The van der Waals surface area contributed by atoms with Gasteiger partial charge >= 0.3 is 0 Å². The molecule has 1 saturated heterocycles. The SMILES string of the molecule is COc1ccc(Cl)c(/C(O)=C2\C(=O)C(=O)N(c3ccc(F)cc3)C2c2cccc(O)c2)c1. The number of amides is 1. The summed E-state index contributed by atoms with van der Waals surface area (Å²) in [6.07, 6.45) is 0. The molecule has 1 fully saturated rings. The van der Waals surface area contributed by atoms with Crippen LogP contribution in [0.1, 0.15) is 17.2 Å². The lowest BCUT2D eigenvalue weighted by atomic mass is 9.95. The van der Waals surface area contributed by atoms with Crippen LogP contribution in [0.2, 0.25) is 5.02 Å². The number of ether oxygens (including phenoxy) is 1. The molecule has 4 rings (SSSR count). The van der Waals surface area contributed by atoms with Gasteiger partial charge < -0.3 is 14.9 Å². The summed E-state index contributed by atoms with van der Waals surface area (Å²) in [6, 6.07) is 14.4. The number of rotatable bonds is 4. The maximum Gasteiger partial charge on any atom is 0.300 e. The normalized spacial score (nSPS) is 17.6. The molecule has 0 aromatic heterocycles. The molecule has 1 amide bonds. The number of aliphatic hydroxyl groups excluding tert-OH is 1. The van der Waals surface area contributed by atoms with Crippen molar-refractivity contribution in [2.75, 3.05) is 12.0 Å². The van der Waals surface area contributed by atoms with E-state index in [4.69, 9.17) is 16.3 Å². The summed E-state index contributed by atoms with van der Waals surface area (Å²) in [7, 11) is 1.44. The first-order valence-corrected chi connectivity index (χ1v) is 9.89. The fraction of sp³-hybridized carbons (Fsp3) is 0.0833. The van der Waals surface area contributed by atoms with E-state index < -0.39 is 29.3 Å². The highest BCUT2D eigenvalue weighted by Crippen LogP contribution is 2.43. The molecule has 1 heterocycles. The number of phenolic OH excluding ortho intramolecular Hbond substituents is 1. The van der Waals surface area contributed by atoms with E-state index in [2.05, 4.69) is 0 Å². The van der Waals surface area contributed by atoms with Crippen molar-refractivity contribution in [3.05, 3.63) is 94.3 Å². The van der Waals surface area contributed by atoms with E-state index in [1.54, 1.807) is 18.2 Å². The number of hydrogen-bond acceptors (Lipinski definition) is 5. The maximum atomic E-state index is 13.5. The summed E-state index contributed by atoms with van der Waals surface area (Å²) in [5.74, 6) is -2.57. The molecule has 0 saturated carbocycles. The Hall–Kier alpha value is -3.84. The zero-order valence-electron chi connectivity index (χ0n) is 16.8. The Bertz CT molecular complexity index is 1260. The van der Waals surface area contributed by atoms with Crippen molar-refractivity contribution in [1.29, 1.82) is 0 Å². The second-order valence-electron chi connectivity index (χ2n) is 7.09. The van der Waals surface area contributed by atoms with Crippen molar-refractivity contribution in [1.82, 2.24) is 0 Å². The van der Waals surface area contributed by atoms with Crippen LogP contribution in [-0.2, 0) is 9.59 Å². The number of aliphatic hydroxyl groups is 1. The van der Waals surface area contributed by atoms with Crippen LogP contribution in [0.15, 0.2) is 72.3 Å². The predicted molar refractivity (Wildman–Crippen MR) is 117 cm³/mol. The van der Waals surface area contributed by atoms with Gasteiger partial charge in [-0.3, -0.25) is 14.5 Å². The molecule has 8 heteroatoms. The molecule has 1 unspecified atom stereocenters. The Morgan fingerprint density at radius 1 is 1.06 bits per heavy atom. The van der Waals surface area contributed by atoms with Gasteiger partial charge in [0, 0.05) is 11.3 Å². The molecule has 1 aliphatic heterocycles.